The number of likely N-dealkylation sites (tertiary alicyclic amines) is 2. The molecular weight excluding hydrogens is 456 g/mol. The highest BCUT2D eigenvalue weighted by Crippen LogP contribution is 2.40. The van der Waals surface area contributed by atoms with Gasteiger partial charge >= 0.3 is 0 Å². The Morgan fingerprint density at radius 3 is 1.24 bits per heavy atom. The second-order valence-corrected chi connectivity index (χ2v) is 13.7. The maximum atomic E-state index is 11.5. The van der Waals surface area contributed by atoms with Gasteiger partial charge in [0.25, 0.3) is 0 Å². The van der Waals surface area contributed by atoms with Crippen molar-refractivity contribution in [1.82, 2.24) is 9.80 Å². The SMILES string of the molecule is CC(C)(C)c1cc(CN2CCCCC2)cc(Cc2cc(CN3CCCCC3)cc(C(C)(C)C)c2O)c1O. The van der Waals surface area contributed by atoms with Crippen LogP contribution in [0.15, 0.2) is 24.3 Å². The predicted molar refractivity (Wildman–Crippen MR) is 155 cm³/mol. The highest BCUT2D eigenvalue weighted by atomic mass is 16.3. The smallest absolute Gasteiger partial charge is 0.122 e. The van der Waals surface area contributed by atoms with E-state index in [1.807, 2.05) is 0 Å². The molecule has 0 unspecified atom stereocenters. The van der Waals surface area contributed by atoms with Gasteiger partial charge in [-0.2, -0.15) is 0 Å². The van der Waals surface area contributed by atoms with Gasteiger partial charge in [0, 0.05) is 19.5 Å². The number of rotatable bonds is 6. The van der Waals surface area contributed by atoms with Crippen LogP contribution in [0.25, 0.3) is 0 Å². The van der Waals surface area contributed by atoms with Crippen molar-refractivity contribution < 1.29 is 10.2 Å². The Bertz CT molecular complexity index is 980. The third-order valence-electron chi connectivity index (χ3n) is 8.20. The van der Waals surface area contributed by atoms with Crippen LogP contribution in [-0.4, -0.2) is 46.2 Å². The molecule has 2 aromatic carbocycles. The third kappa shape index (κ3) is 7.09. The normalized spacial score (nSPS) is 18.3. The lowest BCUT2D eigenvalue weighted by atomic mass is 9.81. The van der Waals surface area contributed by atoms with Gasteiger partial charge < -0.3 is 10.2 Å². The number of nitrogens with zero attached hydrogens (tertiary/aromatic N) is 2. The van der Waals surface area contributed by atoms with E-state index < -0.39 is 0 Å². The molecule has 2 N–H and O–H groups in total. The molecule has 2 aromatic rings. The number of hydrogen-bond acceptors (Lipinski definition) is 4. The van der Waals surface area contributed by atoms with Gasteiger partial charge in [-0.1, -0.05) is 78.6 Å². The molecule has 0 aliphatic carbocycles. The van der Waals surface area contributed by atoms with E-state index in [0.717, 1.165) is 61.5 Å². The second-order valence-electron chi connectivity index (χ2n) is 13.7. The topological polar surface area (TPSA) is 46.9 Å². The quantitative estimate of drug-likeness (QED) is 0.433. The van der Waals surface area contributed by atoms with E-state index in [2.05, 4.69) is 75.6 Å². The van der Waals surface area contributed by atoms with Gasteiger partial charge in [0.1, 0.15) is 11.5 Å². The van der Waals surface area contributed by atoms with Crippen LogP contribution in [0.4, 0.5) is 0 Å². The van der Waals surface area contributed by atoms with Crippen molar-refractivity contribution in [3.63, 3.8) is 0 Å². The zero-order valence-corrected chi connectivity index (χ0v) is 24.3. The van der Waals surface area contributed by atoms with Crippen molar-refractivity contribution in [3.8, 4) is 11.5 Å². The highest BCUT2D eigenvalue weighted by Gasteiger charge is 2.26. The first-order valence-corrected chi connectivity index (χ1v) is 14.6. The molecule has 0 aromatic heterocycles. The lowest BCUT2D eigenvalue weighted by Crippen LogP contribution is -2.29. The molecule has 0 bridgehead atoms. The van der Waals surface area contributed by atoms with E-state index in [4.69, 9.17) is 0 Å². The first-order valence-electron chi connectivity index (χ1n) is 14.6. The lowest BCUT2D eigenvalue weighted by molar-refractivity contribution is 0.220. The number of phenolic OH excluding ortho intramolecular Hbond substituents is 2. The van der Waals surface area contributed by atoms with E-state index in [-0.39, 0.29) is 10.8 Å². The minimum atomic E-state index is -0.161. The van der Waals surface area contributed by atoms with E-state index in [1.54, 1.807) is 0 Å². The molecule has 2 aliphatic heterocycles. The fourth-order valence-electron chi connectivity index (χ4n) is 6.07. The van der Waals surface area contributed by atoms with Gasteiger partial charge in [-0.25, -0.2) is 0 Å². The summed E-state index contributed by atoms with van der Waals surface area (Å²) in [7, 11) is 0. The van der Waals surface area contributed by atoms with Crippen LogP contribution < -0.4 is 0 Å². The van der Waals surface area contributed by atoms with Crippen molar-refractivity contribution >= 4 is 0 Å². The molecule has 37 heavy (non-hydrogen) atoms. The molecular formula is C33H50N2O2. The molecule has 0 amide bonds. The Morgan fingerprint density at radius 2 is 0.919 bits per heavy atom. The summed E-state index contributed by atoms with van der Waals surface area (Å²) < 4.78 is 0. The van der Waals surface area contributed by atoms with Crippen LogP contribution in [0, 0.1) is 0 Å². The Hall–Kier alpha value is -2.04. The number of benzene rings is 2. The molecule has 4 heteroatoms. The van der Waals surface area contributed by atoms with Gasteiger partial charge in [0.05, 0.1) is 0 Å². The Balaban J connectivity index is 1.72. The van der Waals surface area contributed by atoms with Crippen LogP contribution >= 0.6 is 0 Å². The maximum absolute atomic E-state index is 11.5. The molecule has 4 rings (SSSR count). The van der Waals surface area contributed by atoms with Crippen molar-refractivity contribution in [2.75, 3.05) is 26.2 Å². The second kappa shape index (κ2) is 11.4. The number of aromatic hydroxyl groups is 2. The van der Waals surface area contributed by atoms with Gasteiger partial charge in [0.15, 0.2) is 0 Å². The summed E-state index contributed by atoms with van der Waals surface area (Å²) >= 11 is 0. The summed E-state index contributed by atoms with van der Waals surface area (Å²) in [6, 6.07) is 8.79. The van der Waals surface area contributed by atoms with Gasteiger partial charge in [-0.05, 0) is 96.1 Å². The monoisotopic (exact) mass is 506 g/mol. The number of phenols is 2. The summed E-state index contributed by atoms with van der Waals surface area (Å²) in [6.07, 6.45) is 8.26. The van der Waals surface area contributed by atoms with E-state index in [0.29, 0.717) is 17.9 Å². The average Bonchev–Trinajstić information content (AvgIpc) is 2.83. The lowest BCUT2D eigenvalue weighted by Gasteiger charge is -2.29. The van der Waals surface area contributed by atoms with Crippen molar-refractivity contribution in [1.29, 1.82) is 0 Å². The first-order chi connectivity index (χ1) is 17.4. The standard InChI is InChI=1S/C33H50N2O2/c1-32(2,3)28-19-24(22-34-13-9-7-10-14-34)17-26(30(28)36)21-27-18-25(23-35-15-11-8-12-16-35)20-29(31(27)37)33(4,5)6/h17-20,36-37H,7-16,21-23H2,1-6H3. The van der Waals surface area contributed by atoms with E-state index in [9.17, 15) is 10.2 Å². The molecule has 0 saturated carbocycles. The Morgan fingerprint density at radius 1 is 0.568 bits per heavy atom. The first kappa shape index (κ1) is 28.0. The van der Waals surface area contributed by atoms with Crippen LogP contribution in [0.3, 0.4) is 0 Å². The molecule has 0 atom stereocenters. The molecule has 2 saturated heterocycles. The largest absolute Gasteiger partial charge is 0.507 e. The summed E-state index contributed by atoms with van der Waals surface area (Å²) in [6.45, 7) is 19.5. The van der Waals surface area contributed by atoms with Crippen molar-refractivity contribution in [2.24, 2.45) is 0 Å². The molecule has 204 valence electrons. The molecule has 2 heterocycles. The fraction of sp³-hybridized carbons (Fsp3) is 0.636. The number of hydrogen-bond donors (Lipinski definition) is 2. The summed E-state index contributed by atoms with van der Waals surface area (Å²) in [5.74, 6) is 0.765. The van der Waals surface area contributed by atoms with Crippen LogP contribution in [0.2, 0.25) is 0 Å². The van der Waals surface area contributed by atoms with Crippen LogP contribution in [-0.2, 0) is 30.3 Å². The molecule has 2 aliphatic rings. The minimum Gasteiger partial charge on any atom is -0.507 e. The van der Waals surface area contributed by atoms with Crippen LogP contribution in [0.1, 0.15) is 113 Å². The van der Waals surface area contributed by atoms with Crippen LogP contribution in [0.5, 0.6) is 11.5 Å². The minimum absolute atomic E-state index is 0.161. The fourth-order valence-corrected chi connectivity index (χ4v) is 6.07. The molecule has 0 spiro atoms. The zero-order chi connectivity index (χ0) is 26.8. The molecule has 2 fully saturated rings. The summed E-state index contributed by atoms with van der Waals surface area (Å²) in [5, 5.41) is 22.9. The third-order valence-corrected chi connectivity index (χ3v) is 8.20. The summed E-state index contributed by atoms with van der Waals surface area (Å²) in [4.78, 5) is 5.08. The van der Waals surface area contributed by atoms with Crippen molar-refractivity contribution in [2.45, 2.75) is 110 Å². The van der Waals surface area contributed by atoms with Gasteiger partial charge in [-0.3, -0.25) is 9.80 Å². The number of piperidine rings is 2. The molecule has 0 radical (unpaired) electrons. The average molecular weight is 507 g/mol. The van der Waals surface area contributed by atoms with Gasteiger partial charge in [0.2, 0.25) is 0 Å². The van der Waals surface area contributed by atoms with E-state index >= 15 is 0 Å². The summed E-state index contributed by atoms with van der Waals surface area (Å²) in [5.41, 5.74) is 6.04. The van der Waals surface area contributed by atoms with Crippen molar-refractivity contribution in [3.05, 3.63) is 57.6 Å². The zero-order valence-electron chi connectivity index (χ0n) is 24.3. The Kier molecular flexibility index (Phi) is 8.60. The maximum Gasteiger partial charge on any atom is 0.122 e. The van der Waals surface area contributed by atoms with Gasteiger partial charge in [-0.15, -0.1) is 0 Å². The highest BCUT2D eigenvalue weighted by molar-refractivity contribution is 5.53. The Labute approximate surface area is 225 Å². The van der Waals surface area contributed by atoms with E-state index in [1.165, 1.54) is 49.7 Å². The molecule has 4 nitrogen and oxygen atoms in total. The predicted octanol–water partition coefficient (Wildman–Crippen LogP) is 7.26.